The third-order valence-electron chi connectivity index (χ3n) is 4.38. The Hall–Kier alpha value is -4.65. The van der Waals surface area contributed by atoms with Gasteiger partial charge in [-0.3, -0.25) is 14.9 Å². The molecule has 2 aromatic rings. The number of carboxylic acids is 2. The first-order chi connectivity index (χ1) is 18.5. The van der Waals surface area contributed by atoms with Crippen molar-refractivity contribution in [3.63, 3.8) is 0 Å². The van der Waals surface area contributed by atoms with Crippen molar-refractivity contribution >= 4 is 33.6 Å². The Bertz CT molecular complexity index is 1280. The normalized spacial score (nSPS) is 11.8. The molecule has 40 heavy (non-hydrogen) atoms. The Balaban J connectivity index is 0.00000101. The molecule has 0 aliphatic carbocycles. The number of nitrogens with two attached hydrogens (primary N) is 2. The third-order valence-corrected chi connectivity index (χ3v) is 5.87. The predicted octanol–water partition coefficient (Wildman–Crippen LogP) is 1.18. The number of non-ortho nitro benzene ring substituents is 1. The zero-order chi connectivity index (χ0) is 30.5. The summed E-state index contributed by atoms with van der Waals surface area (Å²) in [6.45, 7) is 0.581. The summed E-state index contributed by atoms with van der Waals surface area (Å²) in [5.41, 5.74) is 10.5. The van der Waals surface area contributed by atoms with Crippen LogP contribution in [0.2, 0.25) is 0 Å². The average molecular weight is 596 g/mol. The van der Waals surface area contributed by atoms with Crippen molar-refractivity contribution < 1.29 is 55.9 Å². The number of nitrogens with zero attached hydrogens (tertiary/aromatic N) is 2. The molecule has 2 aromatic carbocycles. The van der Waals surface area contributed by atoms with Crippen molar-refractivity contribution in [1.82, 2.24) is 4.72 Å². The number of aliphatic carboxylic acids is 2. The molecular weight excluding hydrogens is 571 g/mol. The maximum atomic E-state index is 12.5. The van der Waals surface area contributed by atoms with Crippen LogP contribution in [-0.2, 0) is 30.9 Å². The highest BCUT2D eigenvalue weighted by molar-refractivity contribution is 7.89. The number of ether oxygens (including phenoxy) is 1. The van der Waals surface area contributed by atoms with Gasteiger partial charge in [-0.1, -0.05) is 12.1 Å². The Kier molecular flexibility index (Phi) is 12.6. The highest BCUT2D eigenvalue weighted by Gasteiger charge is 2.38. The van der Waals surface area contributed by atoms with Gasteiger partial charge in [-0.25, -0.2) is 13.2 Å². The van der Waals surface area contributed by atoms with E-state index in [-0.39, 0.29) is 29.6 Å². The third kappa shape index (κ3) is 12.3. The number of alkyl halides is 3. The lowest BCUT2D eigenvalue weighted by Gasteiger charge is -2.15. The number of oxime groups is 1. The molecule has 1 atom stereocenters. The summed E-state index contributed by atoms with van der Waals surface area (Å²) in [6, 6.07) is 9.13. The van der Waals surface area contributed by atoms with Crippen LogP contribution in [0.5, 0.6) is 5.75 Å². The van der Waals surface area contributed by atoms with Crippen LogP contribution in [0, 0.1) is 10.1 Å². The van der Waals surface area contributed by atoms with Crippen molar-refractivity contribution in [3.8, 4) is 5.75 Å². The lowest BCUT2D eigenvalue weighted by atomic mass is 10.1. The van der Waals surface area contributed by atoms with E-state index >= 15 is 0 Å². The number of benzene rings is 2. The molecule has 2 rings (SSSR count). The van der Waals surface area contributed by atoms with Crippen LogP contribution in [0.1, 0.15) is 12.0 Å². The molecule has 0 bridgehead atoms. The van der Waals surface area contributed by atoms with Crippen LogP contribution in [-0.4, -0.2) is 66.9 Å². The summed E-state index contributed by atoms with van der Waals surface area (Å²) in [4.78, 5) is 35.1. The fourth-order valence-corrected chi connectivity index (χ4v) is 3.76. The molecule has 0 aliphatic heterocycles. The summed E-state index contributed by atoms with van der Waals surface area (Å²) in [5.74, 6) is -3.78. The van der Waals surface area contributed by atoms with E-state index in [1.165, 1.54) is 0 Å². The molecule has 0 saturated carbocycles. The molecule has 0 aromatic heterocycles. The van der Waals surface area contributed by atoms with Gasteiger partial charge in [0.2, 0.25) is 16.0 Å². The molecule has 0 heterocycles. The standard InChI is InChI=1S/C19H23N5O8S.C2HF3O2/c20-19(21)22-32-11-1-10-31-15-6-2-13(3-7-15)12-17(18(25)26)23-33(29,30)16-8-4-14(5-9-16)24(27)28;3-2(4,5)1(6)7/h2-9,17,23H,1,10-12H2,(H,25,26)(H4,20,21,22);(H,6,7)/t17-;/m0./s1. The summed E-state index contributed by atoms with van der Waals surface area (Å²) >= 11 is 0. The van der Waals surface area contributed by atoms with Gasteiger partial charge in [0, 0.05) is 18.6 Å². The number of nitrogens with one attached hydrogen (secondary N) is 1. The van der Waals surface area contributed by atoms with E-state index in [4.69, 9.17) is 30.9 Å². The Morgan fingerprint density at radius 3 is 2.05 bits per heavy atom. The first-order valence-electron chi connectivity index (χ1n) is 10.7. The number of hydrogen-bond acceptors (Lipinski definition) is 9. The minimum absolute atomic E-state index is 0.131. The van der Waals surface area contributed by atoms with Gasteiger partial charge in [0.25, 0.3) is 5.69 Å². The predicted molar refractivity (Wildman–Crippen MR) is 131 cm³/mol. The number of nitro benzene ring substituents is 1. The molecule has 0 aliphatic rings. The Labute approximate surface area is 224 Å². The molecule has 220 valence electrons. The minimum atomic E-state index is -5.08. The Morgan fingerprint density at radius 1 is 1.05 bits per heavy atom. The number of halogens is 3. The van der Waals surface area contributed by atoms with Gasteiger partial charge >= 0.3 is 18.1 Å². The van der Waals surface area contributed by atoms with Gasteiger partial charge in [0.1, 0.15) is 18.4 Å². The van der Waals surface area contributed by atoms with Gasteiger partial charge in [0.15, 0.2) is 0 Å². The van der Waals surface area contributed by atoms with Crippen molar-refractivity contribution in [1.29, 1.82) is 0 Å². The number of hydrogen-bond donors (Lipinski definition) is 5. The van der Waals surface area contributed by atoms with Crippen LogP contribution in [0.15, 0.2) is 58.6 Å². The molecule has 0 spiro atoms. The van der Waals surface area contributed by atoms with Crippen LogP contribution in [0.3, 0.4) is 0 Å². The van der Waals surface area contributed by atoms with E-state index in [1.54, 1.807) is 24.3 Å². The van der Waals surface area contributed by atoms with E-state index in [0.717, 1.165) is 24.3 Å². The first kappa shape index (κ1) is 33.4. The fraction of sp³-hybridized carbons (Fsp3) is 0.286. The summed E-state index contributed by atoms with van der Waals surface area (Å²) < 4.78 is 64.4. The topological polar surface area (TPSA) is 247 Å². The van der Waals surface area contributed by atoms with Crippen molar-refractivity contribution in [3.05, 3.63) is 64.2 Å². The zero-order valence-electron chi connectivity index (χ0n) is 20.3. The van der Waals surface area contributed by atoms with Crippen molar-refractivity contribution in [2.45, 2.75) is 30.0 Å². The quantitative estimate of drug-likeness (QED) is 0.0720. The lowest BCUT2D eigenvalue weighted by Crippen LogP contribution is -2.42. The molecule has 15 nitrogen and oxygen atoms in total. The Morgan fingerprint density at radius 2 is 1.60 bits per heavy atom. The SMILES string of the molecule is NC(N)=NOCCCOc1ccc(C[C@H](NS(=O)(=O)c2ccc([N+](=O)[O-])cc2)C(=O)O)cc1.O=C(O)C(F)(F)F. The minimum Gasteiger partial charge on any atom is -0.493 e. The van der Waals surface area contributed by atoms with Crippen LogP contribution in [0.4, 0.5) is 18.9 Å². The van der Waals surface area contributed by atoms with Crippen molar-refractivity contribution in [2.24, 2.45) is 16.6 Å². The molecule has 0 saturated heterocycles. The zero-order valence-corrected chi connectivity index (χ0v) is 21.1. The number of sulfonamides is 1. The van der Waals surface area contributed by atoms with E-state index in [1.807, 2.05) is 0 Å². The molecule has 0 fully saturated rings. The maximum absolute atomic E-state index is 12.5. The van der Waals surface area contributed by atoms with E-state index in [9.17, 15) is 41.6 Å². The van der Waals surface area contributed by atoms with Gasteiger partial charge in [0.05, 0.1) is 16.4 Å². The number of carbonyl (C=O) groups is 2. The molecule has 7 N–H and O–H groups in total. The van der Waals surface area contributed by atoms with Crippen molar-refractivity contribution in [2.75, 3.05) is 13.2 Å². The molecule has 0 unspecified atom stereocenters. The number of rotatable bonds is 13. The molecule has 19 heteroatoms. The molecule has 0 amide bonds. The van der Waals surface area contributed by atoms with Crippen LogP contribution < -0.4 is 20.9 Å². The van der Waals surface area contributed by atoms with E-state index in [2.05, 4.69) is 9.88 Å². The number of guanidine groups is 1. The highest BCUT2D eigenvalue weighted by atomic mass is 32.2. The first-order valence-corrected chi connectivity index (χ1v) is 12.2. The van der Waals surface area contributed by atoms with Crippen LogP contribution >= 0.6 is 0 Å². The average Bonchev–Trinajstić information content (AvgIpc) is 2.86. The summed E-state index contributed by atoms with van der Waals surface area (Å²) in [7, 11) is -4.22. The summed E-state index contributed by atoms with van der Waals surface area (Å²) in [6.07, 6.45) is -4.70. The molecule has 0 radical (unpaired) electrons. The molecular formula is C21H24F3N5O10S. The van der Waals surface area contributed by atoms with E-state index < -0.39 is 39.1 Å². The number of nitro groups is 1. The van der Waals surface area contributed by atoms with E-state index in [0.29, 0.717) is 24.3 Å². The lowest BCUT2D eigenvalue weighted by molar-refractivity contribution is -0.384. The number of carboxylic acid groups (broad SMARTS) is 2. The van der Waals surface area contributed by atoms with Gasteiger partial charge in [-0.05, 0) is 41.4 Å². The highest BCUT2D eigenvalue weighted by Crippen LogP contribution is 2.18. The second kappa shape index (κ2) is 15.1. The smallest absolute Gasteiger partial charge is 0.490 e. The largest absolute Gasteiger partial charge is 0.493 e. The maximum Gasteiger partial charge on any atom is 0.490 e. The summed E-state index contributed by atoms with van der Waals surface area (Å²) in [5, 5.41) is 30.7. The second-order valence-electron chi connectivity index (χ2n) is 7.47. The van der Waals surface area contributed by atoms with Gasteiger partial charge < -0.3 is 31.3 Å². The van der Waals surface area contributed by atoms with Crippen LogP contribution in [0.25, 0.3) is 0 Å². The monoisotopic (exact) mass is 595 g/mol. The van der Waals surface area contributed by atoms with Gasteiger partial charge in [-0.15, -0.1) is 0 Å². The fourth-order valence-electron chi connectivity index (χ4n) is 2.57. The van der Waals surface area contributed by atoms with Gasteiger partial charge in [-0.2, -0.15) is 17.9 Å². The second-order valence-corrected chi connectivity index (χ2v) is 9.18.